The van der Waals surface area contributed by atoms with Crippen molar-refractivity contribution in [2.45, 2.75) is 36.5 Å². The number of para-hydroxylation sites is 4. The van der Waals surface area contributed by atoms with Crippen molar-refractivity contribution >= 4 is 71.0 Å². The molecule has 0 bridgehead atoms. The summed E-state index contributed by atoms with van der Waals surface area (Å²) in [4.78, 5) is 0. The molecule has 87 heavy (non-hydrogen) atoms. The van der Waals surface area contributed by atoms with Gasteiger partial charge in [-0.3, -0.25) is 0 Å². The highest BCUT2D eigenvalue weighted by molar-refractivity contribution is 6.10. The minimum absolute atomic E-state index is 0.0352. The summed E-state index contributed by atoms with van der Waals surface area (Å²) < 4.78 is 13.2. The summed E-state index contributed by atoms with van der Waals surface area (Å²) >= 11 is 0. The van der Waals surface area contributed by atoms with E-state index in [1.807, 2.05) is 0 Å². The lowest BCUT2D eigenvalue weighted by Gasteiger charge is -2.33. The van der Waals surface area contributed by atoms with Gasteiger partial charge in [0, 0.05) is 38.6 Å². The van der Waals surface area contributed by atoms with E-state index in [-0.39, 0.29) is 17.8 Å². The second kappa shape index (κ2) is 19.8. The molecule has 0 saturated carbocycles. The van der Waals surface area contributed by atoms with Crippen LogP contribution in [0.15, 0.2) is 306 Å². The minimum Gasteiger partial charge on any atom is -0.455 e. The fraction of sp³-hybridized carbons (Fsp3) is 0.0824. The Hall–Kier alpha value is -10.5. The molecular weight excluding hydrogens is 1050 g/mol. The first kappa shape index (κ1) is 49.8. The molecule has 0 radical (unpaired) electrons. The molecule has 0 fully saturated rings. The highest BCUT2D eigenvalue weighted by Gasteiger charge is 2.53. The van der Waals surface area contributed by atoms with Gasteiger partial charge in [-0.25, -0.2) is 0 Å². The van der Waals surface area contributed by atoms with Crippen LogP contribution < -0.4 is 0 Å². The molecule has 3 unspecified atom stereocenters. The van der Waals surface area contributed by atoms with Gasteiger partial charge in [-0.2, -0.15) is 0 Å². The van der Waals surface area contributed by atoms with Crippen LogP contribution in [0, 0.1) is 5.92 Å². The van der Waals surface area contributed by atoms with Gasteiger partial charge in [-0.15, -0.1) is 0 Å². The van der Waals surface area contributed by atoms with E-state index in [1.54, 1.807) is 0 Å². The van der Waals surface area contributed by atoms with Crippen molar-refractivity contribution in [3.63, 3.8) is 0 Å². The fourth-order valence-electron chi connectivity index (χ4n) is 16.1. The number of rotatable bonds is 10. The highest BCUT2D eigenvalue weighted by Crippen LogP contribution is 2.64. The molecule has 2 heteroatoms. The van der Waals surface area contributed by atoms with E-state index in [0.29, 0.717) is 0 Å². The van der Waals surface area contributed by atoms with Gasteiger partial charge in [-0.05, 0) is 148 Å². The van der Waals surface area contributed by atoms with E-state index < -0.39 is 5.41 Å². The minimum atomic E-state index is -0.558. The van der Waals surface area contributed by atoms with Crippen LogP contribution in [0.25, 0.3) is 104 Å². The summed E-state index contributed by atoms with van der Waals surface area (Å²) in [5.74, 6) is 0.489. The lowest BCUT2D eigenvalue weighted by atomic mass is 9.67. The second-order valence-corrected chi connectivity index (χ2v) is 24.4. The first-order valence-corrected chi connectivity index (χ1v) is 30.8. The van der Waals surface area contributed by atoms with Crippen LogP contribution in [0.1, 0.15) is 73.9 Å². The van der Waals surface area contributed by atoms with E-state index in [1.165, 1.54) is 99.4 Å². The largest absolute Gasteiger partial charge is 0.455 e. The Morgan fingerprint density at radius 2 is 0.908 bits per heavy atom. The molecule has 2 heterocycles. The Balaban J connectivity index is 0.776. The van der Waals surface area contributed by atoms with Crippen molar-refractivity contribution in [1.82, 2.24) is 0 Å². The number of hydrogen-bond donors (Lipinski definition) is 0. The first-order chi connectivity index (χ1) is 43.1. The summed E-state index contributed by atoms with van der Waals surface area (Å²) in [6.45, 7) is 0. The maximum atomic E-state index is 6.60. The number of furan rings is 2. The summed E-state index contributed by atoms with van der Waals surface area (Å²) in [5.41, 5.74) is 25.3. The molecule has 0 aliphatic heterocycles. The van der Waals surface area contributed by atoms with E-state index in [0.717, 1.165) is 79.8 Å². The summed E-state index contributed by atoms with van der Waals surface area (Å²) in [7, 11) is 0. The fourth-order valence-corrected chi connectivity index (χ4v) is 16.1. The molecule has 0 N–H and O–H groups in total. The molecule has 3 aliphatic carbocycles. The SMILES string of the molecule is C1=CC(C(Cc2ccc3c(c2)C2(c4ccccc4-c4ccccc42)c2c(CC(c4ccc(-c5cccc6c5oc5ccccc56)cc4)c4cccc5ccccc45)cccc2-3)c2cccc3ccccc23)CC=C1c1cccc2c1oc1ccccc12. The molecule has 18 rings (SSSR count). The molecule has 0 saturated heterocycles. The van der Waals surface area contributed by atoms with Crippen molar-refractivity contribution in [2.75, 3.05) is 0 Å². The Morgan fingerprint density at radius 1 is 0.391 bits per heavy atom. The summed E-state index contributed by atoms with van der Waals surface area (Å²) in [6, 6.07) is 104. The summed E-state index contributed by atoms with van der Waals surface area (Å²) in [5, 5.41) is 9.75. The lowest BCUT2D eigenvalue weighted by Crippen LogP contribution is -2.28. The molecule has 13 aromatic carbocycles. The molecule has 2 nitrogen and oxygen atoms in total. The zero-order chi connectivity index (χ0) is 57.2. The number of hydrogen-bond acceptors (Lipinski definition) is 2. The van der Waals surface area contributed by atoms with Gasteiger partial charge in [0.2, 0.25) is 0 Å². The Kier molecular flexibility index (Phi) is 11.3. The molecule has 3 aliphatic rings. The predicted molar refractivity (Wildman–Crippen MR) is 361 cm³/mol. The molecule has 410 valence electrons. The van der Waals surface area contributed by atoms with Crippen molar-refractivity contribution in [1.29, 1.82) is 0 Å². The molecule has 15 aromatic rings. The van der Waals surface area contributed by atoms with Crippen molar-refractivity contribution in [2.24, 2.45) is 5.92 Å². The quantitative estimate of drug-likeness (QED) is 0.136. The van der Waals surface area contributed by atoms with Gasteiger partial charge in [0.1, 0.15) is 22.3 Å². The van der Waals surface area contributed by atoms with E-state index in [4.69, 9.17) is 8.83 Å². The van der Waals surface area contributed by atoms with Gasteiger partial charge in [-0.1, -0.05) is 285 Å². The molecule has 0 amide bonds. The topological polar surface area (TPSA) is 26.3 Å². The number of allylic oxidation sites excluding steroid dienone is 4. The third-order valence-electron chi connectivity index (χ3n) is 20.0. The average Bonchev–Trinajstić information content (AvgIpc) is 1.53. The lowest BCUT2D eigenvalue weighted by molar-refractivity contribution is 0.508. The summed E-state index contributed by atoms with van der Waals surface area (Å²) in [6.07, 6.45) is 9.95. The average molecular weight is 1110 g/mol. The van der Waals surface area contributed by atoms with Crippen LogP contribution in [-0.2, 0) is 18.3 Å². The Labute approximate surface area is 505 Å². The zero-order valence-electron chi connectivity index (χ0n) is 48.0. The maximum absolute atomic E-state index is 6.60. The van der Waals surface area contributed by atoms with Crippen LogP contribution in [0.3, 0.4) is 0 Å². The van der Waals surface area contributed by atoms with Crippen LogP contribution in [0.4, 0.5) is 0 Å². The maximum Gasteiger partial charge on any atom is 0.143 e. The van der Waals surface area contributed by atoms with Gasteiger partial charge < -0.3 is 8.83 Å². The Bertz CT molecular complexity index is 5300. The smallest absolute Gasteiger partial charge is 0.143 e. The van der Waals surface area contributed by atoms with E-state index >= 15 is 0 Å². The second-order valence-electron chi connectivity index (χ2n) is 24.4. The predicted octanol–water partition coefficient (Wildman–Crippen LogP) is 22.2. The van der Waals surface area contributed by atoms with Crippen LogP contribution in [-0.4, -0.2) is 0 Å². The molecular formula is C85H58O2. The first-order valence-electron chi connectivity index (χ1n) is 30.8. The number of fused-ring (bicyclic) bond motifs is 18. The Morgan fingerprint density at radius 3 is 1.59 bits per heavy atom. The molecule has 3 atom stereocenters. The normalized spacial score (nSPS) is 15.3. The van der Waals surface area contributed by atoms with Gasteiger partial charge in [0.25, 0.3) is 0 Å². The third kappa shape index (κ3) is 7.67. The number of benzene rings is 13. The monoisotopic (exact) mass is 1110 g/mol. The van der Waals surface area contributed by atoms with Crippen LogP contribution in [0.2, 0.25) is 0 Å². The molecule has 2 aromatic heterocycles. The van der Waals surface area contributed by atoms with Crippen molar-refractivity contribution < 1.29 is 8.83 Å². The van der Waals surface area contributed by atoms with Crippen LogP contribution >= 0.6 is 0 Å². The van der Waals surface area contributed by atoms with Gasteiger partial charge >= 0.3 is 0 Å². The van der Waals surface area contributed by atoms with Gasteiger partial charge in [0.15, 0.2) is 0 Å². The standard InChI is InChI=1S/C85H58O2/c1-3-23-61-54(18-1)20-13-31-65(61)75(58-45-41-56(42-46-58)63-29-16-34-73-70-27-7-11-38-80(70)86-83(63)73)50-53-40-49-69-72-33-15-22-60(82(72)85(79(69)51-53)77-36-9-5-25-67(77)68-26-6-10-37-78(68)85)52-76(66-32-14-21-55-19-2-4-24-62(55)66)59-47-43-57(44-48-59)64-30-17-35-74-71-28-8-12-39-81(71)87-84(64)74/h1-45,47-49,51,58,75-76H,46,50,52H2. The van der Waals surface area contributed by atoms with E-state index in [2.05, 4.69) is 297 Å². The van der Waals surface area contributed by atoms with Gasteiger partial charge in [0.05, 0.1) is 5.41 Å². The van der Waals surface area contributed by atoms with Crippen molar-refractivity contribution in [3.8, 4) is 33.4 Å². The van der Waals surface area contributed by atoms with Crippen molar-refractivity contribution in [3.05, 3.63) is 353 Å². The highest BCUT2D eigenvalue weighted by atomic mass is 16.3. The van der Waals surface area contributed by atoms with E-state index in [9.17, 15) is 0 Å². The molecule has 1 spiro atoms. The van der Waals surface area contributed by atoms with Crippen LogP contribution in [0.5, 0.6) is 0 Å². The third-order valence-corrected chi connectivity index (χ3v) is 20.0. The zero-order valence-corrected chi connectivity index (χ0v) is 48.0.